The molecule has 0 aliphatic heterocycles. The second-order valence-corrected chi connectivity index (χ2v) is 5.46. The lowest BCUT2D eigenvalue weighted by Crippen LogP contribution is -2.49. The van der Waals surface area contributed by atoms with Crippen molar-refractivity contribution in [1.29, 1.82) is 0 Å². The molecule has 0 bridgehead atoms. The lowest BCUT2D eigenvalue weighted by atomic mass is 9.86. The first kappa shape index (κ1) is 14.9. The summed E-state index contributed by atoms with van der Waals surface area (Å²) in [4.78, 5) is 26.9. The number of anilines is 1. The van der Waals surface area contributed by atoms with Crippen LogP contribution in [0.5, 0.6) is 0 Å². The minimum absolute atomic E-state index is 0.0279. The Morgan fingerprint density at radius 1 is 1.42 bits per heavy atom. The smallest absolute Gasteiger partial charge is 0.326 e. The number of aliphatic carboxylic acids is 1. The van der Waals surface area contributed by atoms with E-state index >= 15 is 0 Å². The molecule has 0 aliphatic carbocycles. The topological polar surface area (TPSA) is 105 Å². The normalized spacial score (nSPS) is 12.8. The van der Waals surface area contributed by atoms with Gasteiger partial charge in [-0.15, -0.1) is 0 Å². The molecule has 0 saturated heterocycles. The second kappa shape index (κ2) is 5.69. The van der Waals surface area contributed by atoms with E-state index in [0.717, 1.165) is 0 Å². The van der Waals surface area contributed by atoms with Gasteiger partial charge in [-0.3, -0.25) is 9.78 Å². The van der Waals surface area contributed by atoms with Gasteiger partial charge in [0, 0.05) is 5.69 Å². The molecule has 104 valence electrons. The molecular weight excluding hydrogens is 246 g/mol. The summed E-state index contributed by atoms with van der Waals surface area (Å²) in [7, 11) is 0. The third kappa shape index (κ3) is 4.57. The number of rotatable bonds is 4. The Labute approximate surface area is 112 Å². The Hall–Kier alpha value is -2.11. The second-order valence-electron chi connectivity index (χ2n) is 5.46. The molecule has 0 spiro atoms. The molecule has 0 fully saturated rings. The van der Waals surface area contributed by atoms with Crippen LogP contribution in [0.25, 0.3) is 0 Å². The molecule has 1 amide bonds. The molecule has 1 heterocycles. The molecule has 1 rings (SSSR count). The molecule has 1 atom stereocenters. The molecule has 6 heteroatoms. The van der Waals surface area contributed by atoms with Gasteiger partial charge >= 0.3 is 5.97 Å². The maximum Gasteiger partial charge on any atom is 0.326 e. The van der Waals surface area contributed by atoms with Gasteiger partial charge < -0.3 is 16.2 Å². The van der Waals surface area contributed by atoms with Crippen LogP contribution in [0.1, 0.15) is 26.5 Å². The van der Waals surface area contributed by atoms with E-state index in [1.807, 2.05) is 0 Å². The number of nitrogen functional groups attached to an aromatic ring is 1. The molecule has 0 radical (unpaired) electrons. The quantitative estimate of drug-likeness (QED) is 0.747. The largest absolute Gasteiger partial charge is 0.480 e. The summed E-state index contributed by atoms with van der Waals surface area (Å²) >= 11 is 0. The Bertz CT molecular complexity index is 463. The van der Waals surface area contributed by atoms with Gasteiger partial charge in [0.1, 0.15) is 6.04 Å². The summed E-state index contributed by atoms with van der Waals surface area (Å²) in [6.07, 6.45) is 1.49. The predicted molar refractivity (Wildman–Crippen MR) is 71.4 cm³/mol. The van der Waals surface area contributed by atoms with Gasteiger partial charge in [0.2, 0.25) is 5.91 Å². The molecule has 0 aliphatic rings. The van der Waals surface area contributed by atoms with Crippen molar-refractivity contribution in [2.75, 3.05) is 5.73 Å². The van der Waals surface area contributed by atoms with E-state index < -0.39 is 17.4 Å². The first-order chi connectivity index (χ1) is 8.70. The van der Waals surface area contributed by atoms with Crippen LogP contribution in [0.2, 0.25) is 0 Å². The van der Waals surface area contributed by atoms with E-state index in [4.69, 9.17) is 10.8 Å². The number of amides is 1. The highest BCUT2D eigenvalue weighted by molar-refractivity contribution is 5.85. The monoisotopic (exact) mass is 265 g/mol. The summed E-state index contributed by atoms with van der Waals surface area (Å²) in [6, 6.07) is 2.35. The molecule has 1 aromatic rings. The van der Waals surface area contributed by atoms with Crippen molar-refractivity contribution < 1.29 is 14.7 Å². The number of nitrogens with two attached hydrogens (primary N) is 1. The number of nitrogens with zero attached hydrogens (tertiary/aromatic N) is 1. The van der Waals surface area contributed by atoms with E-state index in [0.29, 0.717) is 11.4 Å². The first-order valence-corrected chi connectivity index (χ1v) is 5.92. The van der Waals surface area contributed by atoms with Gasteiger partial charge in [-0.25, -0.2) is 4.79 Å². The molecule has 0 saturated carbocycles. The zero-order valence-electron chi connectivity index (χ0n) is 11.3. The minimum Gasteiger partial charge on any atom is -0.480 e. The third-order valence-electron chi connectivity index (χ3n) is 2.61. The average Bonchev–Trinajstić information content (AvgIpc) is 2.27. The number of pyridine rings is 1. The zero-order valence-corrected chi connectivity index (χ0v) is 11.3. The summed E-state index contributed by atoms with van der Waals surface area (Å²) in [6.45, 7) is 5.27. The van der Waals surface area contributed by atoms with E-state index in [-0.39, 0.29) is 12.3 Å². The van der Waals surface area contributed by atoms with Crippen molar-refractivity contribution in [3.63, 3.8) is 0 Å². The van der Waals surface area contributed by atoms with Gasteiger partial charge in [-0.2, -0.15) is 0 Å². The van der Waals surface area contributed by atoms with Crippen LogP contribution >= 0.6 is 0 Å². The maximum atomic E-state index is 11.8. The Balaban J connectivity index is 2.68. The first-order valence-electron chi connectivity index (χ1n) is 5.92. The molecule has 6 nitrogen and oxygen atoms in total. The Morgan fingerprint density at radius 2 is 2.05 bits per heavy atom. The van der Waals surface area contributed by atoms with Crippen molar-refractivity contribution in [1.82, 2.24) is 10.3 Å². The summed E-state index contributed by atoms with van der Waals surface area (Å²) in [5.41, 5.74) is 6.00. The van der Waals surface area contributed by atoms with Crippen molar-refractivity contribution in [3.05, 3.63) is 24.0 Å². The van der Waals surface area contributed by atoms with Gasteiger partial charge in [0.05, 0.1) is 18.3 Å². The van der Waals surface area contributed by atoms with Gasteiger partial charge in [0.15, 0.2) is 0 Å². The SMILES string of the molecule is CC(C)(C)C(NC(=O)Cc1ccc(N)cn1)C(=O)O. The highest BCUT2D eigenvalue weighted by atomic mass is 16.4. The van der Waals surface area contributed by atoms with Crippen LogP contribution in [-0.4, -0.2) is 28.0 Å². The third-order valence-corrected chi connectivity index (χ3v) is 2.61. The summed E-state index contributed by atoms with van der Waals surface area (Å²) < 4.78 is 0. The number of carboxylic acid groups (broad SMARTS) is 1. The lowest BCUT2D eigenvalue weighted by molar-refractivity contribution is -0.144. The van der Waals surface area contributed by atoms with Gasteiger partial charge in [-0.1, -0.05) is 20.8 Å². The van der Waals surface area contributed by atoms with Crippen LogP contribution in [0.4, 0.5) is 5.69 Å². The number of nitrogens with one attached hydrogen (secondary N) is 1. The van der Waals surface area contributed by atoms with E-state index in [9.17, 15) is 9.59 Å². The lowest BCUT2D eigenvalue weighted by Gasteiger charge is -2.27. The fourth-order valence-corrected chi connectivity index (χ4v) is 1.57. The Kier molecular flexibility index (Phi) is 4.47. The number of hydrogen-bond donors (Lipinski definition) is 3. The van der Waals surface area contributed by atoms with Crippen LogP contribution in [0, 0.1) is 5.41 Å². The summed E-state index contributed by atoms with van der Waals surface area (Å²) in [5, 5.41) is 11.6. The van der Waals surface area contributed by atoms with Crippen LogP contribution in [-0.2, 0) is 16.0 Å². The van der Waals surface area contributed by atoms with E-state index in [1.54, 1.807) is 32.9 Å². The van der Waals surface area contributed by atoms with E-state index in [2.05, 4.69) is 10.3 Å². The molecule has 1 unspecified atom stereocenters. The zero-order chi connectivity index (χ0) is 14.6. The Morgan fingerprint density at radius 3 is 2.47 bits per heavy atom. The van der Waals surface area contributed by atoms with E-state index in [1.165, 1.54) is 6.20 Å². The van der Waals surface area contributed by atoms with Crippen molar-refractivity contribution >= 4 is 17.6 Å². The maximum absolute atomic E-state index is 11.8. The van der Waals surface area contributed by atoms with Gasteiger partial charge in [0.25, 0.3) is 0 Å². The van der Waals surface area contributed by atoms with Crippen molar-refractivity contribution in [3.8, 4) is 0 Å². The number of carbonyl (C=O) groups excluding carboxylic acids is 1. The molecular formula is C13H19N3O3. The van der Waals surface area contributed by atoms with Crippen LogP contribution < -0.4 is 11.1 Å². The summed E-state index contributed by atoms with van der Waals surface area (Å²) in [5.74, 6) is -1.43. The fraction of sp³-hybridized carbons (Fsp3) is 0.462. The number of aromatic nitrogens is 1. The van der Waals surface area contributed by atoms with Crippen LogP contribution in [0.3, 0.4) is 0 Å². The molecule has 19 heavy (non-hydrogen) atoms. The standard InChI is InChI=1S/C13H19N3O3/c1-13(2,3)11(12(18)19)16-10(17)6-9-5-4-8(14)7-15-9/h4-5,7,11H,6,14H2,1-3H3,(H,16,17)(H,18,19). The highest BCUT2D eigenvalue weighted by Crippen LogP contribution is 2.19. The van der Waals surface area contributed by atoms with Crippen molar-refractivity contribution in [2.24, 2.45) is 5.41 Å². The number of carboxylic acids is 1. The molecule has 1 aromatic heterocycles. The molecule has 0 aromatic carbocycles. The molecule has 4 N–H and O–H groups in total. The van der Waals surface area contributed by atoms with Crippen molar-refractivity contribution in [2.45, 2.75) is 33.2 Å². The highest BCUT2D eigenvalue weighted by Gasteiger charge is 2.32. The predicted octanol–water partition coefficient (Wildman–Crippen LogP) is 0.822. The van der Waals surface area contributed by atoms with Gasteiger partial charge in [-0.05, 0) is 17.5 Å². The fourth-order valence-electron chi connectivity index (χ4n) is 1.57. The number of carbonyl (C=O) groups is 2. The number of hydrogen-bond acceptors (Lipinski definition) is 4. The average molecular weight is 265 g/mol. The van der Waals surface area contributed by atoms with Crippen LogP contribution in [0.15, 0.2) is 18.3 Å². The minimum atomic E-state index is -1.05.